The van der Waals surface area contributed by atoms with E-state index in [1.54, 1.807) is 6.07 Å². The number of halogens is 1. The summed E-state index contributed by atoms with van der Waals surface area (Å²) in [5, 5.41) is 9.08. The van der Waals surface area contributed by atoms with Crippen molar-refractivity contribution in [1.29, 1.82) is 0 Å². The number of methoxy groups -OCH3 is 1. The van der Waals surface area contributed by atoms with Crippen LogP contribution in [0.2, 0.25) is 0 Å². The first kappa shape index (κ1) is 22.3. The molecule has 2 unspecified atom stereocenters. The van der Waals surface area contributed by atoms with Crippen molar-refractivity contribution >= 4 is 5.97 Å². The zero-order valence-electron chi connectivity index (χ0n) is 17.5. The Morgan fingerprint density at radius 2 is 1.65 bits per heavy atom. The van der Waals surface area contributed by atoms with Crippen LogP contribution < -0.4 is 9.47 Å². The first-order chi connectivity index (χ1) is 14.9. The highest BCUT2D eigenvalue weighted by atomic mass is 19.1. The summed E-state index contributed by atoms with van der Waals surface area (Å²) in [5.74, 6) is 0.110. The van der Waals surface area contributed by atoms with Crippen molar-refractivity contribution in [3.05, 3.63) is 95.3 Å². The molecule has 0 saturated heterocycles. The number of hydrogen-bond acceptors (Lipinski definition) is 4. The fourth-order valence-corrected chi connectivity index (χ4v) is 3.09. The van der Waals surface area contributed by atoms with Crippen LogP contribution in [-0.4, -0.2) is 24.3 Å². The molecule has 3 aromatic carbocycles. The van der Waals surface area contributed by atoms with Gasteiger partial charge in [-0.3, -0.25) is 0 Å². The smallest absolute Gasteiger partial charge is 0.333 e. The molecular weight excluding hydrogens is 399 g/mol. The Labute approximate surface area is 181 Å². The van der Waals surface area contributed by atoms with Gasteiger partial charge in [0.15, 0.2) is 6.10 Å². The summed E-state index contributed by atoms with van der Waals surface area (Å²) in [6, 6.07) is 21.2. The fourth-order valence-electron chi connectivity index (χ4n) is 3.09. The van der Waals surface area contributed by atoms with E-state index in [2.05, 4.69) is 0 Å². The van der Waals surface area contributed by atoms with Gasteiger partial charge in [-0.2, -0.15) is 0 Å². The van der Waals surface area contributed by atoms with E-state index in [1.807, 2.05) is 61.5 Å². The fraction of sp³-hybridized carbons (Fsp3) is 0.240. The van der Waals surface area contributed by atoms with Crippen LogP contribution in [-0.2, 0) is 22.6 Å². The third kappa shape index (κ3) is 6.55. The predicted octanol–water partition coefficient (Wildman–Crippen LogP) is 5.19. The minimum Gasteiger partial charge on any atom is -0.489 e. The summed E-state index contributed by atoms with van der Waals surface area (Å²) in [5.41, 5.74) is 2.60. The molecule has 0 heterocycles. The normalized spacial score (nSPS) is 12.7. The molecule has 0 spiro atoms. The molecule has 162 valence electrons. The Hall–Kier alpha value is -3.38. The maximum Gasteiger partial charge on any atom is 0.333 e. The minimum absolute atomic E-state index is 0.186. The molecule has 0 aliphatic rings. The molecule has 31 heavy (non-hydrogen) atoms. The van der Waals surface area contributed by atoms with Gasteiger partial charge in [-0.1, -0.05) is 36.4 Å². The summed E-state index contributed by atoms with van der Waals surface area (Å²) in [4.78, 5) is 11.1. The van der Waals surface area contributed by atoms with Crippen molar-refractivity contribution in [3.8, 4) is 11.5 Å². The van der Waals surface area contributed by atoms with Gasteiger partial charge in [0.2, 0.25) is 0 Å². The van der Waals surface area contributed by atoms with Gasteiger partial charge in [0.1, 0.15) is 30.0 Å². The van der Waals surface area contributed by atoms with Crippen LogP contribution in [0.3, 0.4) is 0 Å². The highest BCUT2D eigenvalue weighted by molar-refractivity contribution is 5.72. The Bertz CT molecular complexity index is 986. The van der Waals surface area contributed by atoms with E-state index in [0.717, 1.165) is 16.7 Å². The maximum absolute atomic E-state index is 13.2. The van der Waals surface area contributed by atoms with Gasteiger partial charge in [0.05, 0.1) is 0 Å². The average Bonchev–Trinajstić information content (AvgIpc) is 2.77. The molecule has 0 bridgehead atoms. The average molecular weight is 424 g/mol. The summed E-state index contributed by atoms with van der Waals surface area (Å²) in [7, 11) is 1.38. The van der Waals surface area contributed by atoms with Crippen LogP contribution in [0, 0.1) is 5.82 Å². The highest BCUT2D eigenvalue weighted by Crippen LogP contribution is 2.24. The molecule has 0 saturated carbocycles. The first-order valence-corrected chi connectivity index (χ1v) is 9.93. The van der Waals surface area contributed by atoms with Crippen molar-refractivity contribution in [2.45, 2.75) is 32.2 Å². The Morgan fingerprint density at radius 3 is 2.26 bits per heavy atom. The van der Waals surface area contributed by atoms with E-state index >= 15 is 0 Å². The molecule has 0 fully saturated rings. The van der Waals surface area contributed by atoms with E-state index < -0.39 is 12.1 Å². The lowest BCUT2D eigenvalue weighted by atomic mass is 10.1. The highest BCUT2D eigenvalue weighted by Gasteiger charge is 2.17. The molecule has 5 nitrogen and oxygen atoms in total. The van der Waals surface area contributed by atoms with Gasteiger partial charge in [-0.15, -0.1) is 0 Å². The van der Waals surface area contributed by atoms with Gasteiger partial charge in [-0.25, -0.2) is 9.18 Å². The number of carboxylic acid groups (broad SMARTS) is 1. The van der Waals surface area contributed by atoms with Gasteiger partial charge in [0.25, 0.3) is 0 Å². The standard InChI is InChI=1S/C25H25FO5/c1-17(31-23-10-6-18(7-11-23)15-24(29-2)25(27)28)20-8-12-22(13-9-20)30-16-19-4-3-5-21(26)14-19/h3-14,17,24H,15-16H2,1-2H3,(H,27,28). The topological polar surface area (TPSA) is 65.0 Å². The van der Waals surface area contributed by atoms with E-state index in [9.17, 15) is 9.18 Å². The zero-order chi connectivity index (χ0) is 22.2. The number of carbonyl (C=O) groups is 1. The summed E-state index contributed by atoms with van der Waals surface area (Å²) in [6.45, 7) is 2.24. The van der Waals surface area contributed by atoms with E-state index in [1.165, 1.54) is 19.2 Å². The molecule has 3 rings (SSSR count). The van der Waals surface area contributed by atoms with Gasteiger partial charge in [0, 0.05) is 13.5 Å². The second-order valence-corrected chi connectivity index (χ2v) is 7.16. The molecule has 0 aromatic heterocycles. The molecule has 6 heteroatoms. The van der Waals surface area contributed by atoms with Crippen LogP contribution in [0.15, 0.2) is 72.8 Å². The summed E-state index contributed by atoms with van der Waals surface area (Å²) in [6.07, 6.45) is -0.764. The SMILES string of the molecule is COC(Cc1ccc(OC(C)c2ccc(OCc3cccc(F)c3)cc2)cc1)C(=O)O. The third-order valence-corrected chi connectivity index (χ3v) is 4.86. The number of carboxylic acids is 1. The number of benzene rings is 3. The number of hydrogen-bond donors (Lipinski definition) is 1. The Balaban J connectivity index is 1.54. The van der Waals surface area contributed by atoms with Crippen molar-refractivity contribution in [2.24, 2.45) is 0 Å². The van der Waals surface area contributed by atoms with Crippen LogP contribution in [0.5, 0.6) is 11.5 Å². The number of rotatable bonds is 10. The van der Waals surface area contributed by atoms with E-state index in [0.29, 0.717) is 24.5 Å². The van der Waals surface area contributed by atoms with E-state index in [-0.39, 0.29) is 11.9 Å². The molecule has 0 aliphatic heterocycles. The Morgan fingerprint density at radius 1 is 0.968 bits per heavy atom. The third-order valence-electron chi connectivity index (χ3n) is 4.86. The van der Waals surface area contributed by atoms with Crippen molar-refractivity contribution in [3.63, 3.8) is 0 Å². The maximum atomic E-state index is 13.2. The van der Waals surface area contributed by atoms with E-state index in [4.69, 9.17) is 19.3 Å². The molecule has 0 aliphatic carbocycles. The van der Waals surface area contributed by atoms with Crippen LogP contribution in [0.1, 0.15) is 29.7 Å². The van der Waals surface area contributed by atoms with Crippen LogP contribution >= 0.6 is 0 Å². The van der Waals surface area contributed by atoms with Gasteiger partial charge < -0.3 is 19.3 Å². The number of ether oxygens (including phenoxy) is 3. The molecule has 1 N–H and O–H groups in total. The Kier molecular flexibility index (Phi) is 7.62. The van der Waals surface area contributed by atoms with Crippen molar-refractivity contribution in [2.75, 3.05) is 7.11 Å². The lowest BCUT2D eigenvalue weighted by molar-refractivity contribution is -0.148. The predicted molar refractivity (Wildman–Crippen MR) is 115 cm³/mol. The second kappa shape index (κ2) is 10.6. The molecule has 0 amide bonds. The van der Waals surface area contributed by atoms with Gasteiger partial charge in [-0.05, 0) is 60.0 Å². The molecular formula is C25H25FO5. The summed E-state index contributed by atoms with van der Waals surface area (Å²) < 4.78 is 29.9. The van der Waals surface area contributed by atoms with Crippen molar-refractivity contribution in [1.82, 2.24) is 0 Å². The largest absolute Gasteiger partial charge is 0.489 e. The molecule has 2 atom stereocenters. The summed E-state index contributed by atoms with van der Waals surface area (Å²) >= 11 is 0. The quantitative estimate of drug-likeness (QED) is 0.485. The first-order valence-electron chi connectivity index (χ1n) is 9.93. The zero-order valence-corrected chi connectivity index (χ0v) is 17.5. The van der Waals surface area contributed by atoms with Crippen LogP contribution in [0.4, 0.5) is 4.39 Å². The van der Waals surface area contributed by atoms with Crippen LogP contribution in [0.25, 0.3) is 0 Å². The van der Waals surface area contributed by atoms with Crippen molar-refractivity contribution < 1.29 is 28.5 Å². The number of aliphatic carboxylic acids is 1. The lowest BCUT2D eigenvalue weighted by Crippen LogP contribution is -2.24. The molecule has 0 radical (unpaired) electrons. The van der Waals surface area contributed by atoms with Gasteiger partial charge >= 0.3 is 5.97 Å². The molecule has 3 aromatic rings. The minimum atomic E-state index is -0.986. The monoisotopic (exact) mass is 424 g/mol. The second-order valence-electron chi connectivity index (χ2n) is 7.16. The lowest BCUT2D eigenvalue weighted by Gasteiger charge is -2.16.